The lowest BCUT2D eigenvalue weighted by Gasteiger charge is -2.28. The SMILES string of the molecule is CCC1CCC(NC(=O)c2cc(S(N)(=O)=O)c(C)s2)CC1. The highest BCUT2D eigenvalue weighted by Crippen LogP contribution is 2.28. The van der Waals surface area contributed by atoms with E-state index in [0.717, 1.165) is 31.6 Å². The highest BCUT2D eigenvalue weighted by Gasteiger charge is 2.24. The lowest BCUT2D eigenvalue weighted by Crippen LogP contribution is -2.37. The molecular weight excluding hydrogens is 308 g/mol. The first kappa shape index (κ1) is 16.5. The van der Waals surface area contributed by atoms with Crippen molar-refractivity contribution in [2.45, 2.75) is 56.9 Å². The molecule has 1 fully saturated rings. The van der Waals surface area contributed by atoms with Gasteiger partial charge in [-0.3, -0.25) is 4.79 Å². The van der Waals surface area contributed by atoms with E-state index < -0.39 is 10.0 Å². The van der Waals surface area contributed by atoms with Gasteiger partial charge < -0.3 is 5.32 Å². The molecule has 0 saturated heterocycles. The van der Waals surface area contributed by atoms with Crippen LogP contribution in [0.1, 0.15) is 53.6 Å². The van der Waals surface area contributed by atoms with Crippen molar-refractivity contribution in [3.63, 3.8) is 0 Å². The van der Waals surface area contributed by atoms with Gasteiger partial charge >= 0.3 is 0 Å². The molecule has 1 aromatic heterocycles. The predicted molar refractivity (Wildman–Crippen MR) is 83.9 cm³/mol. The molecule has 5 nitrogen and oxygen atoms in total. The Kier molecular flexibility index (Phi) is 5.06. The summed E-state index contributed by atoms with van der Waals surface area (Å²) in [5.74, 6) is 0.578. The normalized spacial score (nSPS) is 23.0. The van der Waals surface area contributed by atoms with Gasteiger partial charge in [0.2, 0.25) is 10.0 Å². The Morgan fingerprint density at radius 1 is 1.38 bits per heavy atom. The number of amides is 1. The van der Waals surface area contributed by atoms with Crippen LogP contribution >= 0.6 is 11.3 Å². The number of rotatable bonds is 4. The monoisotopic (exact) mass is 330 g/mol. The fourth-order valence-electron chi connectivity index (χ4n) is 2.83. The van der Waals surface area contributed by atoms with Gasteiger partial charge in [0.05, 0.1) is 9.77 Å². The zero-order valence-corrected chi connectivity index (χ0v) is 14.0. The average molecular weight is 330 g/mol. The van der Waals surface area contributed by atoms with Crippen LogP contribution < -0.4 is 10.5 Å². The van der Waals surface area contributed by atoms with Gasteiger partial charge in [0, 0.05) is 10.9 Å². The molecule has 1 heterocycles. The third-order valence-corrected chi connectivity index (χ3v) is 6.38. The summed E-state index contributed by atoms with van der Waals surface area (Å²) in [5, 5.41) is 8.14. The van der Waals surface area contributed by atoms with Gasteiger partial charge in [0.15, 0.2) is 0 Å². The maximum absolute atomic E-state index is 12.2. The Balaban J connectivity index is 2.02. The molecule has 118 valence electrons. The van der Waals surface area contributed by atoms with Gasteiger partial charge in [-0.15, -0.1) is 11.3 Å². The topological polar surface area (TPSA) is 89.3 Å². The van der Waals surface area contributed by atoms with Crippen LogP contribution in [0.2, 0.25) is 0 Å². The fraction of sp³-hybridized carbons (Fsp3) is 0.643. The summed E-state index contributed by atoms with van der Waals surface area (Å²) < 4.78 is 22.8. The van der Waals surface area contributed by atoms with Gasteiger partial charge in [-0.2, -0.15) is 0 Å². The van der Waals surface area contributed by atoms with Gasteiger partial charge in [-0.05, 0) is 44.6 Å². The molecule has 7 heteroatoms. The molecule has 1 amide bonds. The minimum Gasteiger partial charge on any atom is -0.349 e. The van der Waals surface area contributed by atoms with Crippen molar-refractivity contribution < 1.29 is 13.2 Å². The summed E-state index contributed by atoms with van der Waals surface area (Å²) in [6.07, 6.45) is 5.48. The summed E-state index contributed by atoms with van der Waals surface area (Å²) in [6.45, 7) is 3.86. The number of carbonyl (C=O) groups excluding carboxylic acids is 1. The zero-order valence-electron chi connectivity index (χ0n) is 12.4. The van der Waals surface area contributed by atoms with Crippen LogP contribution in [0.4, 0.5) is 0 Å². The van der Waals surface area contributed by atoms with Crippen molar-refractivity contribution in [2.24, 2.45) is 11.1 Å². The van der Waals surface area contributed by atoms with E-state index in [9.17, 15) is 13.2 Å². The van der Waals surface area contributed by atoms with Gasteiger partial charge in [0.1, 0.15) is 0 Å². The first-order valence-electron chi connectivity index (χ1n) is 7.25. The summed E-state index contributed by atoms with van der Waals surface area (Å²) in [7, 11) is -3.76. The first-order valence-corrected chi connectivity index (χ1v) is 9.61. The van der Waals surface area contributed by atoms with E-state index in [0.29, 0.717) is 9.75 Å². The minimum absolute atomic E-state index is 0.0485. The zero-order chi connectivity index (χ0) is 15.6. The number of hydrogen-bond acceptors (Lipinski definition) is 4. The molecule has 0 atom stereocenters. The fourth-order valence-corrected chi connectivity index (χ4v) is 4.88. The molecule has 0 spiro atoms. The summed E-state index contributed by atoms with van der Waals surface area (Å²) in [5.41, 5.74) is 0. The number of carbonyl (C=O) groups is 1. The second kappa shape index (κ2) is 6.46. The van der Waals surface area contributed by atoms with Crippen LogP contribution in [0.5, 0.6) is 0 Å². The molecular formula is C14H22N2O3S2. The van der Waals surface area contributed by atoms with Crippen LogP contribution in [0.15, 0.2) is 11.0 Å². The van der Waals surface area contributed by atoms with Crippen LogP contribution in [0.25, 0.3) is 0 Å². The number of nitrogens with one attached hydrogen (secondary N) is 1. The van der Waals surface area contributed by atoms with Crippen LogP contribution in [0.3, 0.4) is 0 Å². The van der Waals surface area contributed by atoms with Crippen LogP contribution in [0, 0.1) is 12.8 Å². The third-order valence-electron chi connectivity index (χ3n) is 4.16. The quantitative estimate of drug-likeness (QED) is 0.888. The molecule has 1 saturated carbocycles. The van der Waals surface area contributed by atoms with Crippen LogP contribution in [-0.4, -0.2) is 20.4 Å². The smallest absolute Gasteiger partial charge is 0.261 e. The number of hydrogen-bond donors (Lipinski definition) is 2. The maximum Gasteiger partial charge on any atom is 0.261 e. The molecule has 0 aromatic carbocycles. The highest BCUT2D eigenvalue weighted by molar-refractivity contribution is 7.89. The van der Waals surface area contributed by atoms with E-state index in [1.165, 1.54) is 23.8 Å². The molecule has 21 heavy (non-hydrogen) atoms. The van der Waals surface area contributed by atoms with E-state index in [-0.39, 0.29) is 16.8 Å². The van der Waals surface area contributed by atoms with E-state index in [2.05, 4.69) is 12.2 Å². The first-order chi connectivity index (χ1) is 9.81. The molecule has 2 rings (SSSR count). The standard InChI is InChI=1S/C14H22N2O3S2/c1-3-10-4-6-11(7-5-10)16-14(17)12-8-13(9(2)20-12)21(15,18)19/h8,10-11H,3-7H2,1-2H3,(H,16,17)(H2,15,18,19). The second-order valence-electron chi connectivity index (χ2n) is 5.68. The highest BCUT2D eigenvalue weighted by atomic mass is 32.2. The van der Waals surface area contributed by atoms with Gasteiger partial charge in [-0.1, -0.05) is 13.3 Å². The second-order valence-corrected chi connectivity index (χ2v) is 8.46. The average Bonchev–Trinajstić information content (AvgIpc) is 2.82. The number of aryl methyl sites for hydroxylation is 1. The molecule has 0 aliphatic heterocycles. The van der Waals surface area contributed by atoms with E-state index >= 15 is 0 Å². The number of nitrogens with two attached hydrogens (primary N) is 1. The van der Waals surface area contributed by atoms with Crippen molar-refractivity contribution in [3.05, 3.63) is 15.8 Å². The molecule has 3 N–H and O–H groups in total. The molecule has 1 aliphatic carbocycles. The van der Waals surface area contributed by atoms with Crippen LogP contribution in [-0.2, 0) is 10.0 Å². The van der Waals surface area contributed by atoms with Crippen molar-refractivity contribution in [1.29, 1.82) is 0 Å². The Morgan fingerprint density at radius 3 is 2.48 bits per heavy atom. The summed E-state index contributed by atoms with van der Waals surface area (Å²) >= 11 is 1.17. The molecule has 0 bridgehead atoms. The Morgan fingerprint density at radius 2 is 2.00 bits per heavy atom. The number of sulfonamides is 1. The molecule has 1 aliphatic rings. The molecule has 0 radical (unpaired) electrons. The maximum atomic E-state index is 12.2. The lowest BCUT2D eigenvalue weighted by molar-refractivity contribution is 0.0925. The van der Waals surface area contributed by atoms with E-state index in [1.807, 2.05) is 0 Å². The lowest BCUT2D eigenvalue weighted by atomic mass is 9.84. The predicted octanol–water partition coefficient (Wildman–Crippen LogP) is 2.40. The summed E-state index contributed by atoms with van der Waals surface area (Å²) in [6, 6.07) is 1.57. The Bertz CT molecular complexity index is 614. The van der Waals surface area contributed by atoms with E-state index in [1.54, 1.807) is 6.92 Å². The van der Waals surface area contributed by atoms with Gasteiger partial charge in [0.25, 0.3) is 5.91 Å². The van der Waals surface area contributed by atoms with E-state index in [4.69, 9.17) is 5.14 Å². The Labute approximate surface area is 130 Å². The van der Waals surface area contributed by atoms with Crippen molar-refractivity contribution in [3.8, 4) is 0 Å². The minimum atomic E-state index is -3.76. The molecule has 1 aromatic rings. The third kappa shape index (κ3) is 4.05. The van der Waals surface area contributed by atoms with Crippen molar-refractivity contribution in [2.75, 3.05) is 0 Å². The van der Waals surface area contributed by atoms with Crippen molar-refractivity contribution in [1.82, 2.24) is 5.32 Å². The number of primary sulfonamides is 1. The van der Waals surface area contributed by atoms with Crippen molar-refractivity contribution >= 4 is 27.3 Å². The summed E-state index contributed by atoms with van der Waals surface area (Å²) in [4.78, 5) is 13.2. The Hall–Kier alpha value is -0.920. The largest absolute Gasteiger partial charge is 0.349 e. The molecule has 0 unspecified atom stereocenters. The van der Waals surface area contributed by atoms with Gasteiger partial charge in [-0.25, -0.2) is 13.6 Å². The number of thiophene rings is 1.